The monoisotopic (exact) mass is 666 g/mol. The summed E-state index contributed by atoms with van der Waals surface area (Å²) >= 11 is 0. The summed E-state index contributed by atoms with van der Waals surface area (Å²) in [6.07, 6.45) is 1.39. The van der Waals surface area contributed by atoms with Crippen LogP contribution in [0.4, 0.5) is 16.3 Å². The van der Waals surface area contributed by atoms with E-state index in [1.165, 1.54) is 0 Å². The third kappa shape index (κ3) is 6.49. The van der Waals surface area contributed by atoms with Gasteiger partial charge in [0.2, 0.25) is 0 Å². The number of benzene rings is 4. The number of para-hydroxylation sites is 1. The molecule has 4 aromatic carbocycles. The normalized spacial score (nSPS) is 14.4. The van der Waals surface area contributed by atoms with Crippen molar-refractivity contribution in [3.8, 4) is 23.2 Å². The zero-order valence-electron chi connectivity index (χ0n) is 27.6. The maximum absolute atomic E-state index is 14.1. The van der Waals surface area contributed by atoms with Gasteiger partial charge in [0.15, 0.2) is 5.82 Å². The van der Waals surface area contributed by atoms with Crippen LogP contribution in [0.1, 0.15) is 22.5 Å². The number of aryl methyl sites for hydroxylation is 1. The van der Waals surface area contributed by atoms with Crippen molar-refractivity contribution >= 4 is 45.2 Å². The van der Waals surface area contributed by atoms with E-state index >= 15 is 0 Å². The first kappa shape index (κ1) is 32.1. The molecule has 0 spiro atoms. The molecule has 50 heavy (non-hydrogen) atoms. The van der Waals surface area contributed by atoms with Crippen LogP contribution in [0.15, 0.2) is 97.2 Å². The zero-order valence-corrected chi connectivity index (χ0v) is 27.6. The van der Waals surface area contributed by atoms with E-state index in [4.69, 9.17) is 19.4 Å². The molecule has 1 N–H and O–H groups in total. The Kier molecular flexibility index (Phi) is 8.94. The molecule has 7 rings (SSSR count). The fraction of sp³-hybridized carbons (Fsp3) is 0.211. The average Bonchev–Trinajstić information content (AvgIpc) is 3.54. The van der Waals surface area contributed by atoms with Gasteiger partial charge >= 0.3 is 6.09 Å². The van der Waals surface area contributed by atoms with Crippen molar-refractivity contribution in [1.82, 2.24) is 24.6 Å². The van der Waals surface area contributed by atoms with Crippen molar-refractivity contribution in [2.24, 2.45) is 7.05 Å². The largest absolute Gasteiger partial charge is 0.497 e. The first-order chi connectivity index (χ1) is 24.4. The molecule has 2 amide bonds. The van der Waals surface area contributed by atoms with Gasteiger partial charge in [0.1, 0.15) is 23.9 Å². The Bertz CT molecular complexity index is 2250. The van der Waals surface area contributed by atoms with Gasteiger partial charge in [-0.3, -0.25) is 9.48 Å². The number of hydrogen-bond donors (Lipinski definition) is 1. The molecule has 0 saturated carbocycles. The summed E-state index contributed by atoms with van der Waals surface area (Å²) in [6, 6.07) is 30.0. The molecule has 1 aliphatic rings. The molecule has 12 nitrogen and oxygen atoms in total. The predicted octanol–water partition coefficient (Wildman–Crippen LogP) is 6.19. The Hall–Kier alpha value is -6.48. The number of piperazine rings is 1. The van der Waals surface area contributed by atoms with Gasteiger partial charge in [-0.25, -0.2) is 14.8 Å². The van der Waals surface area contributed by atoms with Crippen molar-refractivity contribution in [2.45, 2.75) is 19.1 Å². The Morgan fingerprint density at radius 1 is 0.960 bits per heavy atom. The third-order valence-corrected chi connectivity index (χ3v) is 8.84. The van der Waals surface area contributed by atoms with E-state index in [0.29, 0.717) is 48.3 Å². The Balaban J connectivity index is 1.23. The number of rotatable bonds is 8. The molecule has 1 fully saturated rings. The molecule has 250 valence electrons. The molecular formula is C38H34N8O4. The number of methoxy groups -OCH3 is 1. The van der Waals surface area contributed by atoms with Gasteiger partial charge in [-0.1, -0.05) is 66.7 Å². The number of nitrogens with zero attached hydrogens (tertiary/aromatic N) is 7. The molecule has 1 aliphatic heterocycles. The number of nitrogens with one attached hydrogen (secondary N) is 1. The lowest BCUT2D eigenvalue weighted by atomic mass is 10.1. The summed E-state index contributed by atoms with van der Waals surface area (Å²) in [5.41, 5.74) is 3.14. The van der Waals surface area contributed by atoms with Crippen molar-refractivity contribution in [3.05, 3.63) is 108 Å². The Morgan fingerprint density at radius 3 is 2.58 bits per heavy atom. The van der Waals surface area contributed by atoms with Crippen LogP contribution in [0.2, 0.25) is 0 Å². The van der Waals surface area contributed by atoms with Gasteiger partial charge in [-0.15, -0.1) is 0 Å². The van der Waals surface area contributed by atoms with E-state index < -0.39 is 18.0 Å². The maximum atomic E-state index is 14.1. The molecule has 2 aromatic heterocycles. The van der Waals surface area contributed by atoms with Crippen LogP contribution in [0.25, 0.3) is 33.1 Å². The molecule has 0 radical (unpaired) electrons. The van der Waals surface area contributed by atoms with Crippen molar-refractivity contribution in [1.29, 1.82) is 5.26 Å². The highest BCUT2D eigenvalue weighted by molar-refractivity contribution is 6.09. The van der Waals surface area contributed by atoms with Gasteiger partial charge < -0.3 is 24.6 Å². The number of amides is 2. The van der Waals surface area contributed by atoms with Gasteiger partial charge in [0.25, 0.3) is 5.91 Å². The number of aromatic nitrogens is 4. The van der Waals surface area contributed by atoms with E-state index in [2.05, 4.69) is 16.5 Å². The predicted molar refractivity (Wildman–Crippen MR) is 190 cm³/mol. The number of carbonyl (C=O) groups is 2. The van der Waals surface area contributed by atoms with Crippen LogP contribution in [0.5, 0.6) is 5.75 Å². The van der Waals surface area contributed by atoms with Crippen LogP contribution >= 0.6 is 0 Å². The SMILES string of the molecule is COc1cc(NC(=O)c2cc(N3CCN(C(=O)OCc4ccccc4)[C@@H](CC#N)C3)nc(-c3cccc4cnn(C)c34)n2)c2ccccc2c1. The molecule has 6 aromatic rings. The minimum Gasteiger partial charge on any atom is -0.497 e. The van der Waals surface area contributed by atoms with E-state index in [0.717, 1.165) is 27.2 Å². The van der Waals surface area contributed by atoms with Gasteiger partial charge in [-0.05, 0) is 23.1 Å². The summed E-state index contributed by atoms with van der Waals surface area (Å²) in [4.78, 5) is 40.6. The lowest BCUT2D eigenvalue weighted by molar-refractivity contribution is 0.0768. The molecule has 1 atom stereocenters. The fourth-order valence-electron chi connectivity index (χ4n) is 6.32. The van der Waals surface area contributed by atoms with E-state index in [1.807, 2.05) is 90.8 Å². The highest BCUT2D eigenvalue weighted by Gasteiger charge is 2.33. The van der Waals surface area contributed by atoms with Gasteiger partial charge in [0.05, 0.1) is 43.0 Å². The Labute approximate surface area is 288 Å². The van der Waals surface area contributed by atoms with E-state index in [1.54, 1.807) is 35.0 Å². The Morgan fingerprint density at radius 2 is 1.76 bits per heavy atom. The molecule has 0 bridgehead atoms. The number of ether oxygens (including phenoxy) is 2. The second kappa shape index (κ2) is 13.9. The molecule has 3 heterocycles. The van der Waals surface area contributed by atoms with E-state index in [-0.39, 0.29) is 18.7 Å². The van der Waals surface area contributed by atoms with Crippen LogP contribution in [-0.4, -0.2) is 69.4 Å². The molecule has 1 saturated heterocycles. The van der Waals surface area contributed by atoms with Crippen LogP contribution in [-0.2, 0) is 18.4 Å². The molecule has 0 unspecified atom stereocenters. The number of nitriles is 1. The van der Waals surface area contributed by atoms with Crippen molar-refractivity contribution in [2.75, 3.05) is 37.0 Å². The minimum absolute atomic E-state index is 0.0967. The second-order valence-electron chi connectivity index (χ2n) is 12.0. The number of hydrogen-bond acceptors (Lipinski definition) is 9. The number of anilines is 2. The highest BCUT2D eigenvalue weighted by Crippen LogP contribution is 2.32. The standard InChI is InChI=1S/C38H34N8O4/c1-44-35-27(22-40-44)12-8-14-31(35)36-41-33(37(47)42-32-20-29(49-2)19-26-11-6-7-13-30(26)32)21-34(43-36)45-17-18-46(28(23-45)15-16-39)38(48)50-24-25-9-4-3-5-10-25/h3-14,19-22,28H,15,17-18,23-24H2,1-2H3,(H,42,47)/t28-/m0/s1. The lowest BCUT2D eigenvalue weighted by Crippen LogP contribution is -2.55. The summed E-state index contributed by atoms with van der Waals surface area (Å²) in [5.74, 6) is 1.02. The summed E-state index contributed by atoms with van der Waals surface area (Å²) in [6.45, 7) is 1.14. The second-order valence-corrected chi connectivity index (χ2v) is 12.0. The number of carbonyl (C=O) groups excluding carboxylic acids is 2. The highest BCUT2D eigenvalue weighted by atomic mass is 16.6. The summed E-state index contributed by atoms with van der Waals surface area (Å²) in [7, 11) is 3.43. The van der Waals surface area contributed by atoms with Crippen LogP contribution in [0.3, 0.4) is 0 Å². The topological polar surface area (TPSA) is 138 Å². The first-order valence-corrected chi connectivity index (χ1v) is 16.2. The van der Waals surface area contributed by atoms with Gasteiger partial charge in [-0.2, -0.15) is 10.4 Å². The third-order valence-electron chi connectivity index (χ3n) is 8.84. The molecular weight excluding hydrogens is 632 g/mol. The first-order valence-electron chi connectivity index (χ1n) is 16.2. The van der Waals surface area contributed by atoms with Crippen LogP contribution < -0.4 is 15.0 Å². The maximum Gasteiger partial charge on any atom is 0.410 e. The molecule has 12 heteroatoms. The smallest absolute Gasteiger partial charge is 0.410 e. The van der Waals surface area contributed by atoms with Crippen LogP contribution in [0, 0.1) is 11.3 Å². The molecule has 0 aliphatic carbocycles. The van der Waals surface area contributed by atoms with Crippen molar-refractivity contribution in [3.63, 3.8) is 0 Å². The van der Waals surface area contributed by atoms with Crippen molar-refractivity contribution < 1.29 is 19.1 Å². The van der Waals surface area contributed by atoms with Gasteiger partial charge in [0, 0.05) is 55.2 Å². The van der Waals surface area contributed by atoms with E-state index in [9.17, 15) is 14.9 Å². The summed E-state index contributed by atoms with van der Waals surface area (Å²) in [5, 5.41) is 19.9. The quantitative estimate of drug-likeness (QED) is 0.202. The number of fused-ring (bicyclic) bond motifs is 2. The zero-order chi connectivity index (χ0) is 34.6. The summed E-state index contributed by atoms with van der Waals surface area (Å²) < 4.78 is 12.9. The minimum atomic E-state index is -0.481. The fourth-order valence-corrected chi connectivity index (χ4v) is 6.32. The average molecular weight is 667 g/mol. The lowest BCUT2D eigenvalue weighted by Gasteiger charge is -2.40.